The standard InChI is InChI=1S/C21H26N2O2/c24-19(20-8-14-7-15(9-20)11-21(25,10-14)13-20)22-6-5-16-12-23-18-4-2-1-3-17(16)18/h1-4,12,14-15,23,25H,5-11,13H2,(H,22,24). The van der Waals surface area contributed by atoms with Gasteiger partial charge in [-0.2, -0.15) is 0 Å². The fourth-order valence-corrected chi connectivity index (χ4v) is 6.32. The first-order valence-electron chi connectivity index (χ1n) is 9.61. The number of benzene rings is 1. The molecule has 4 aliphatic carbocycles. The van der Waals surface area contributed by atoms with Gasteiger partial charge in [-0.1, -0.05) is 18.2 Å². The average Bonchev–Trinajstić information content (AvgIpc) is 2.96. The highest BCUT2D eigenvalue weighted by Gasteiger charge is 2.59. The van der Waals surface area contributed by atoms with Crippen LogP contribution in [-0.2, 0) is 11.2 Å². The van der Waals surface area contributed by atoms with E-state index in [4.69, 9.17) is 0 Å². The van der Waals surface area contributed by atoms with E-state index in [9.17, 15) is 9.90 Å². The Bertz CT molecular complexity index is 810. The lowest BCUT2D eigenvalue weighted by Gasteiger charge is -2.59. The van der Waals surface area contributed by atoms with Crippen LogP contribution in [-0.4, -0.2) is 28.1 Å². The maximum Gasteiger partial charge on any atom is 0.226 e. The Morgan fingerprint density at radius 1 is 1.20 bits per heavy atom. The van der Waals surface area contributed by atoms with Crippen LogP contribution >= 0.6 is 0 Å². The first-order chi connectivity index (χ1) is 12.1. The minimum Gasteiger partial charge on any atom is -0.390 e. The van der Waals surface area contributed by atoms with Gasteiger partial charge in [-0.15, -0.1) is 0 Å². The Labute approximate surface area is 148 Å². The quantitative estimate of drug-likeness (QED) is 0.802. The van der Waals surface area contributed by atoms with Crippen LogP contribution in [0.1, 0.15) is 44.1 Å². The number of amides is 1. The Morgan fingerprint density at radius 2 is 1.96 bits per heavy atom. The van der Waals surface area contributed by atoms with Gasteiger partial charge >= 0.3 is 0 Å². The van der Waals surface area contributed by atoms with Crippen LogP contribution in [0.15, 0.2) is 30.5 Å². The fourth-order valence-electron chi connectivity index (χ4n) is 6.32. The molecule has 4 fully saturated rings. The third kappa shape index (κ3) is 2.50. The third-order valence-corrected chi connectivity index (χ3v) is 6.87. The van der Waals surface area contributed by atoms with Gasteiger partial charge in [-0.3, -0.25) is 4.79 Å². The zero-order valence-corrected chi connectivity index (χ0v) is 14.6. The number of para-hydroxylation sites is 1. The van der Waals surface area contributed by atoms with Gasteiger partial charge in [0.15, 0.2) is 0 Å². The molecule has 4 nitrogen and oxygen atoms in total. The molecule has 0 saturated heterocycles. The van der Waals surface area contributed by atoms with Crippen LogP contribution in [0.25, 0.3) is 10.9 Å². The second kappa shape index (κ2) is 5.34. The number of aromatic nitrogens is 1. The summed E-state index contributed by atoms with van der Waals surface area (Å²) >= 11 is 0. The highest BCUT2D eigenvalue weighted by atomic mass is 16.3. The third-order valence-electron chi connectivity index (χ3n) is 6.87. The Morgan fingerprint density at radius 3 is 2.72 bits per heavy atom. The summed E-state index contributed by atoms with van der Waals surface area (Å²) in [6, 6.07) is 8.28. The molecule has 4 saturated carbocycles. The van der Waals surface area contributed by atoms with Crippen molar-refractivity contribution in [2.75, 3.05) is 6.54 Å². The van der Waals surface area contributed by atoms with E-state index >= 15 is 0 Å². The number of nitrogens with one attached hydrogen (secondary N) is 2. The molecule has 25 heavy (non-hydrogen) atoms. The number of aliphatic hydroxyl groups is 1. The number of carbonyl (C=O) groups excluding carboxylic acids is 1. The van der Waals surface area contributed by atoms with E-state index < -0.39 is 5.60 Å². The zero-order valence-electron chi connectivity index (χ0n) is 14.6. The molecule has 1 aromatic carbocycles. The van der Waals surface area contributed by atoms with Gasteiger partial charge in [-0.25, -0.2) is 0 Å². The summed E-state index contributed by atoms with van der Waals surface area (Å²) in [5.74, 6) is 1.27. The molecule has 1 amide bonds. The second-order valence-corrected chi connectivity index (χ2v) is 8.83. The number of aromatic amines is 1. The summed E-state index contributed by atoms with van der Waals surface area (Å²) in [6.45, 7) is 0.663. The minimum atomic E-state index is -0.571. The Balaban J connectivity index is 1.27. The van der Waals surface area contributed by atoms with Gasteiger partial charge in [0.25, 0.3) is 0 Å². The van der Waals surface area contributed by atoms with Gasteiger partial charge in [-0.05, 0) is 68.4 Å². The van der Waals surface area contributed by atoms with Crippen molar-refractivity contribution < 1.29 is 9.90 Å². The smallest absolute Gasteiger partial charge is 0.226 e. The second-order valence-electron chi connectivity index (χ2n) is 8.83. The van der Waals surface area contributed by atoms with E-state index in [1.807, 2.05) is 18.3 Å². The van der Waals surface area contributed by atoms with E-state index in [1.165, 1.54) is 17.4 Å². The molecule has 0 radical (unpaired) electrons. The van der Waals surface area contributed by atoms with Crippen molar-refractivity contribution in [3.05, 3.63) is 36.0 Å². The predicted octanol–water partition coefficient (Wildman–Crippen LogP) is 3.16. The van der Waals surface area contributed by atoms with E-state index in [-0.39, 0.29) is 11.3 Å². The predicted molar refractivity (Wildman–Crippen MR) is 97.1 cm³/mol. The number of H-pyrrole nitrogens is 1. The molecule has 4 bridgehead atoms. The number of fused-ring (bicyclic) bond motifs is 1. The van der Waals surface area contributed by atoms with Crippen molar-refractivity contribution >= 4 is 16.8 Å². The normalized spacial score (nSPS) is 36.0. The lowest BCUT2D eigenvalue weighted by atomic mass is 9.47. The van der Waals surface area contributed by atoms with Crippen LogP contribution in [0, 0.1) is 17.3 Å². The monoisotopic (exact) mass is 338 g/mol. The average molecular weight is 338 g/mol. The molecular weight excluding hydrogens is 312 g/mol. The largest absolute Gasteiger partial charge is 0.390 e. The molecule has 4 aliphatic rings. The maximum absolute atomic E-state index is 13.0. The highest BCUT2D eigenvalue weighted by molar-refractivity contribution is 5.84. The van der Waals surface area contributed by atoms with Crippen molar-refractivity contribution in [1.82, 2.24) is 10.3 Å². The molecule has 6 rings (SSSR count). The first kappa shape index (κ1) is 15.4. The van der Waals surface area contributed by atoms with Crippen molar-refractivity contribution in [3.63, 3.8) is 0 Å². The number of carbonyl (C=O) groups is 1. The summed E-state index contributed by atoms with van der Waals surface area (Å²) in [6.07, 6.45) is 8.54. The minimum absolute atomic E-state index is 0.180. The van der Waals surface area contributed by atoms with Crippen LogP contribution in [0.2, 0.25) is 0 Å². The number of hydrogen-bond acceptors (Lipinski definition) is 2. The van der Waals surface area contributed by atoms with Crippen LogP contribution in [0.5, 0.6) is 0 Å². The van der Waals surface area contributed by atoms with Gasteiger partial charge in [0, 0.05) is 23.6 Å². The SMILES string of the molecule is O=C(NCCc1c[nH]c2ccccc12)C12CC3CC(CC(O)(C3)C1)C2. The van der Waals surface area contributed by atoms with Crippen LogP contribution in [0.3, 0.4) is 0 Å². The molecule has 132 valence electrons. The first-order valence-corrected chi connectivity index (χ1v) is 9.61. The van der Waals surface area contributed by atoms with Gasteiger partial charge < -0.3 is 15.4 Å². The van der Waals surface area contributed by atoms with Gasteiger partial charge in [0.2, 0.25) is 5.91 Å². The summed E-state index contributed by atoms with van der Waals surface area (Å²) in [7, 11) is 0. The van der Waals surface area contributed by atoms with E-state index in [1.54, 1.807) is 0 Å². The Hall–Kier alpha value is -1.81. The molecule has 0 spiro atoms. The molecule has 2 unspecified atom stereocenters. The summed E-state index contributed by atoms with van der Waals surface area (Å²) in [4.78, 5) is 16.3. The van der Waals surface area contributed by atoms with E-state index in [0.717, 1.165) is 37.6 Å². The molecular formula is C21H26N2O2. The summed E-state index contributed by atoms with van der Waals surface area (Å²) in [5, 5.41) is 15.3. The van der Waals surface area contributed by atoms with Crippen molar-refractivity contribution in [1.29, 1.82) is 0 Å². The molecule has 1 aromatic heterocycles. The molecule has 2 atom stereocenters. The molecule has 2 aromatic rings. The van der Waals surface area contributed by atoms with Crippen LogP contribution in [0.4, 0.5) is 0 Å². The lowest BCUT2D eigenvalue weighted by molar-refractivity contribution is -0.178. The molecule has 0 aliphatic heterocycles. The zero-order chi connectivity index (χ0) is 17.1. The fraction of sp³-hybridized carbons (Fsp3) is 0.571. The van der Waals surface area contributed by atoms with Gasteiger partial charge in [0.05, 0.1) is 11.0 Å². The summed E-state index contributed by atoms with van der Waals surface area (Å²) in [5.41, 5.74) is 1.52. The van der Waals surface area contributed by atoms with Crippen molar-refractivity contribution in [2.45, 2.75) is 50.5 Å². The maximum atomic E-state index is 13.0. The van der Waals surface area contributed by atoms with E-state index in [2.05, 4.69) is 22.4 Å². The number of hydrogen-bond donors (Lipinski definition) is 3. The van der Waals surface area contributed by atoms with Crippen LogP contribution < -0.4 is 5.32 Å². The lowest BCUT2D eigenvalue weighted by Crippen LogP contribution is -2.60. The number of rotatable bonds is 4. The van der Waals surface area contributed by atoms with E-state index in [0.29, 0.717) is 24.8 Å². The van der Waals surface area contributed by atoms with Crippen molar-refractivity contribution in [3.8, 4) is 0 Å². The Kier molecular flexibility index (Phi) is 3.30. The molecule has 3 N–H and O–H groups in total. The topological polar surface area (TPSA) is 65.1 Å². The van der Waals surface area contributed by atoms with Gasteiger partial charge in [0.1, 0.15) is 0 Å². The van der Waals surface area contributed by atoms with Crippen molar-refractivity contribution in [2.24, 2.45) is 17.3 Å². The highest BCUT2D eigenvalue weighted by Crippen LogP contribution is 2.61. The molecule has 1 heterocycles. The summed E-state index contributed by atoms with van der Waals surface area (Å²) < 4.78 is 0. The molecule has 4 heteroatoms.